The number of carbonyl (C=O) groups excluding carboxylic acids is 1. The Hall–Kier alpha value is -3.09. The number of fused-ring (bicyclic) bond motifs is 1. The van der Waals surface area contributed by atoms with E-state index in [-0.39, 0.29) is 12.4 Å². The summed E-state index contributed by atoms with van der Waals surface area (Å²) < 4.78 is 17.6. The molecule has 158 valence electrons. The third kappa shape index (κ3) is 4.81. The fourth-order valence-corrected chi connectivity index (χ4v) is 3.85. The van der Waals surface area contributed by atoms with Gasteiger partial charge >= 0.3 is 5.97 Å². The highest BCUT2D eigenvalue weighted by Gasteiger charge is 2.13. The van der Waals surface area contributed by atoms with Crippen LogP contribution in [0.5, 0.6) is 5.75 Å². The normalized spacial score (nSPS) is 10.9. The molecule has 0 saturated heterocycles. The third-order valence-electron chi connectivity index (χ3n) is 5.07. The van der Waals surface area contributed by atoms with E-state index in [2.05, 4.69) is 28.1 Å². The summed E-state index contributed by atoms with van der Waals surface area (Å²) in [6, 6.07) is 19.8. The predicted octanol–water partition coefficient (Wildman–Crippen LogP) is 5.62. The van der Waals surface area contributed by atoms with Gasteiger partial charge in [0.1, 0.15) is 17.9 Å². The second-order valence-corrected chi connectivity index (χ2v) is 8.10. The molecule has 0 radical (unpaired) electrons. The van der Waals surface area contributed by atoms with E-state index in [4.69, 9.17) is 19.6 Å². The minimum absolute atomic E-state index is 0.150. The largest absolute Gasteiger partial charge is 0.489 e. The van der Waals surface area contributed by atoms with Gasteiger partial charge in [0.15, 0.2) is 0 Å². The molecular formula is C25H22BrNO4. The first-order valence-electron chi connectivity index (χ1n) is 9.85. The smallest absolute Gasteiger partial charge is 0.310 e. The van der Waals surface area contributed by atoms with Crippen LogP contribution in [0.15, 0.2) is 75.8 Å². The summed E-state index contributed by atoms with van der Waals surface area (Å²) in [4.78, 5) is 11.8. The Morgan fingerprint density at radius 2 is 1.94 bits per heavy atom. The van der Waals surface area contributed by atoms with Crippen LogP contribution in [0.4, 0.5) is 0 Å². The topological polar surface area (TPSA) is 74.7 Å². The molecule has 0 fully saturated rings. The molecule has 0 aliphatic heterocycles. The average molecular weight is 480 g/mol. The summed E-state index contributed by atoms with van der Waals surface area (Å²) in [5, 5.41) is 0.998. The lowest BCUT2D eigenvalue weighted by atomic mass is 9.99. The maximum Gasteiger partial charge on any atom is 0.310 e. The molecule has 0 bridgehead atoms. The lowest BCUT2D eigenvalue weighted by Gasteiger charge is -2.13. The molecule has 4 aromatic rings. The number of hydrogen-bond donors (Lipinski definition) is 1. The Labute approximate surface area is 188 Å². The summed E-state index contributed by atoms with van der Waals surface area (Å²) in [6.45, 7) is 0.819. The lowest BCUT2D eigenvalue weighted by molar-refractivity contribution is -0.139. The van der Waals surface area contributed by atoms with Crippen LogP contribution in [0.1, 0.15) is 16.7 Å². The van der Waals surface area contributed by atoms with Crippen LogP contribution >= 0.6 is 15.9 Å². The van der Waals surface area contributed by atoms with Gasteiger partial charge in [-0.15, -0.1) is 0 Å². The Kier molecular flexibility index (Phi) is 6.39. The maximum absolute atomic E-state index is 11.8. The number of carbonyl (C=O) groups is 1. The van der Waals surface area contributed by atoms with E-state index in [1.165, 1.54) is 7.11 Å². The van der Waals surface area contributed by atoms with Crippen molar-refractivity contribution in [3.63, 3.8) is 0 Å². The van der Waals surface area contributed by atoms with Crippen LogP contribution in [0.3, 0.4) is 0 Å². The molecule has 0 amide bonds. The standard InChI is InChI=1S/C25H22BrNO4/c1-29-24(28)12-19-5-6-21(26)13-23(19)31-15-17-10-20-7-8-30-25(20)22(11-17)18-4-2-3-16(9-18)14-27/h2-11,13H,12,14-15,27H2,1H3. The number of nitrogens with two attached hydrogens (primary N) is 1. The van der Waals surface area contributed by atoms with Gasteiger partial charge in [0, 0.05) is 27.5 Å². The van der Waals surface area contributed by atoms with Gasteiger partial charge in [-0.05, 0) is 53.1 Å². The second-order valence-electron chi connectivity index (χ2n) is 7.18. The molecule has 31 heavy (non-hydrogen) atoms. The highest BCUT2D eigenvalue weighted by Crippen LogP contribution is 2.32. The van der Waals surface area contributed by atoms with Gasteiger partial charge in [-0.25, -0.2) is 0 Å². The minimum Gasteiger partial charge on any atom is -0.489 e. The average Bonchev–Trinajstić information content (AvgIpc) is 3.27. The van der Waals surface area contributed by atoms with Crippen molar-refractivity contribution in [2.24, 2.45) is 5.73 Å². The first kappa shape index (κ1) is 21.2. The van der Waals surface area contributed by atoms with Gasteiger partial charge in [-0.1, -0.05) is 40.2 Å². The molecule has 0 saturated carbocycles. The van der Waals surface area contributed by atoms with Crippen molar-refractivity contribution in [2.45, 2.75) is 19.6 Å². The van der Waals surface area contributed by atoms with Crippen LogP contribution in [-0.4, -0.2) is 13.1 Å². The van der Waals surface area contributed by atoms with Gasteiger partial charge in [-0.3, -0.25) is 4.79 Å². The molecule has 0 spiro atoms. The van der Waals surface area contributed by atoms with E-state index in [9.17, 15) is 4.79 Å². The number of esters is 1. The molecule has 0 unspecified atom stereocenters. The minimum atomic E-state index is -0.311. The van der Waals surface area contributed by atoms with Gasteiger partial charge < -0.3 is 19.6 Å². The first-order valence-corrected chi connectivity index (χ1v) is 10.6. The van der Waals surface area contributed by atoms with Crippen LogP contribution in [0.2, 0.25) is 0 Å². The van der Waals surface area contributed by atoms with Crippen LogP contribution in [-0.2, 0) is 29.1 Å². The Morgan fingerprint density at radius 3 is 2.74 bits per heavy atom. The molecule has 0 aliphatic carbocycles. The Balaban J connectivity index is 1.66. The zero-order chi connectivity index (χ0) is 21.8. The van der Waals surface area contributed by atoms with E-state index in [1.54, 1.807) is 6.26 Å². The number of furan rings is 1. The number of hydrogen-bond acceptors (Lipinski definition) is 5. The molecule has 2 N–H and O–H groups in total. The summed E-state index contributed by atoms with van der Waals surface area (Å²) in [6.07, 6.45) is 1.84. The summed E-state index contributed by atoms with van der Waals surface area (Å²) in [5.41, 5.74) is 11.5. The summed E-state index contributed by atoms with van der Waals surface area (Å²) >= 11 is 3.47. The molecule has 6 heteroatoms. The maximum atomic E-state index is 11.8. The molecule has 0 atom stereocenters. The monoisotopic (exact) mass is 479 g/mol. The molecule has 0 aliphatic rings. The van der Waals surface area contributed by atoms with E-state index in [0.29, 0.717) is 18.9 Å². The Bertz CT molecular complexity index is 1230. The second kappa shape index (κ2) is 9.37. The lowest BCUT2D eigenvalue weighted by Crippen LogP contribution is -2.07. The zero-order valence-electron chi connectivity index (χ0n) is 17.1. The van der Waals surface area contributed by atoms with E-state index >= 15 is 0 Å². The summed E-state index contributed by atoms with van der Waals surface area (Å²) in [5.74, 6) is 0.327. The predicted molar refractivity (Wildman–Crippen MR) is 124 cm³/mol. The van der Waals surface area contributed by atoms with Crippen LogP contribution in [0, 0.1) is 0 Å². The van der Waals surface area contributed by atoms with Crippen molar-refractivity contribution >= 4 is 32.9 Å². The number of ether oxygens (including phenoxy) is 2. The molecular weight excluding hydrogens is 458 g/mol. The molecule has 3 aromatic carbocycles. The highest BCUT2D eigenvalue weighted by molar-refractivity contribution is 9.10. The quantitative estimate of drug-likeness (QED) is 0.348. The van der Waals surface area contributed by atoms with Crippen LogP contribution < -0.4 is 10.5 Å². The van der Waals surface area contributed by atoms with Gasteiger partial charge in [0.25, 0.3) is 0 Å². The van der Waals surface area contributed by atoms with E-state index in [0.717, 1.165) is 43.3 Å². The molecule has 5 nitrogen and oxygen atoms in total. The molecule has 4 rings (SSSR count). The van der Waals surface area contributed by atoms with Gasteiger partial charge in [0.05, 0.1) is 19.8 Å². The van der Waals surface area contributed by atoms with Crippen molar-refractivity contribution in [3.8, 4) is 16.9 Å². The SMILES string of the molecule is COC(=O)Cc1ccc(Br)cc1OCc1cc(-c2cccc(CN)c2)c2occc2c1. The number of rotatable bonds is 7. The van der Waals surface area contributed by atoms with Crippen molar-refractivity contribution in [2.75, 3.05) is 7.11 Å². The van der Waals surface area contributed by atoms with Gasteiger partial charge in [0.2, 0.25) is 0 Å². The highest BCUT2D eigenvalue weighted by atomic mass is 79.9. The van der Waals surface area contributed by atoms with Gasteiger partial charge in [-0.2, -0.15) is 0 Å². The number of methoxy groups -OCH3 is 1. The molecule has 1 aromatic heterocycles. The van der Waals surface area contributed by atoms with E-state index in [1.807, 2.05) is 48.5 Å². The number of benzene rings is 3. The fraction of sp³-hybridized carbons (Fsp3) is 0.160. The van der Waals surface area contributed by atoms with E-state index < -0.39 is 0 Å². The van der Waals surface area contributed by atoms with Crippen molar-refractivity contribution in [1.29, 1.82) is 0 Å². The number of halogens is 1. The Morgan fingerprint density at radius 1 is 1.06 bits per heavy atom. The van der Waals surface area contributed by atoms with Crippen molar-refractivity contribution < 1.29 is 18.7 Å². The van der Waals surface area contributed by atoms with Crippen LogP contribution in [0.25, 0.3) is 22.1 Å². The fourth-order valence-electron chi connectivity index (χ4n) is 3.51. The first-order chi connectivity index (χ1) is 15.1. The zero-order valence-corrected chi connectivity index (χ0v) is 18.6. The molecule has 1 heterocycles. The third-order valence-corrected chi connectivity index (χ3v) is 5.56. The van der Waals surface area contributed by atoms with Crippen molar-refractivity contribution in [3.05, 3.63) is 88.1 Å². The van der Waals surface area contributed by atoms with Crippen molar-refractivity contribution in [1.82, 2.24) is 0 Å². The summed E-state index contributed by atoms with van der Waals surface area (Å²) in [7, 11) is 1.38.